The maximum atomic E-state index is 13.5. The maximum absolute atomic E-state index is 13.5. The van der Waals surface area contributed by atoms with Crippen LogP contribution in [0.5, 0.6) is 5.75 Å². The van der Waals surface area contributed by atoms with E-state index in [1.165, 1.54) is 24.7 Å². The van der Waals surface area contributed by atoms with E-state index in [0.29, 0.717) is 46.9 Å². The van der Waals surface area contributed by atoms with Gasteiger partial charge in [0, 0.05) is 75.3 Å². The number of halogens is 7. The molecule has 342 valence electrons. The number of carboxylic acid groups (broad SMARTS) is 2. The molecule has 0 atom stereocenters. The molecule has 0 radical (unpaired) electrons. The van der Waals surface area contributed by atoms with Crippen LogP contribution in [0.15, 0.2) is 60.4 Å². The number of benzene rings is 2. The topological polar surface area (TPSA) is 186 Å². The van der Waals surface area contributed by atoms with Gasteiger partial charge in [0.05, 0.1) is 10.6 Å². The Morgan fingerprint density at radius 3 is 2.05 bits per heavy atom. The van der Waals surface area contributed by atoms with Gasteiger partial charge in [-0.3, -0.25) is 14.5 Å². The first kappa shape index (κ1) is 48.4. The van der Waals surface area contributed by atoms with E-state index < -0.39 is 24.3 Å². The number of hydrogen-bond donors (Lipinski definition) is 5. The van der Waals surface area contributed by atoms with Crippen molar-refractivity contribution in [2.45, 2.75) is 88.8 Å². The van der Waals surface area contributed by atoms with Crippen LogP contribution in [0, 0.1) is 5.92 Å². The van der Waals surface area contributed by atoms with Gasteiger partial charge in [-0.1, -0.05) is 54.8 Å². The lowest BCUT2D eigenvalue weighted by molar-refractivity contribution is -0.193. The summed E-state index contributed by atoms with van der Waals surface area (Å²) >= 11 is 6.71. The largest absolute Gasteiger partial charge is 0.490 e. The van der Waals surface area contributed by atoms with Gasteiger partial charge in [0.25, 0.3) is 0 Å². The molecule has 4 heterocycles. The zero-order valence-electron chi connectivity index (χ0n) is 34.0. The highest BCUT2D eigenvalue weighted by Gasteiger charge is 2.39. The summed E-state index contributed by atoms with van der Waals surface area (Å²) in [6, 6.07) is 16.3. The number of carboxylic acids is 2. The minimum Gasteiger partial charge on any atom is -0.489 e. The smallest absolute Gasteiger partial charge is 0.489 e. The molecule has 5 N–H and O–H groups in total. The number of carbonyl (C=O) groups excluding carboxylic acids is 2. The summed E-state index contributed by atoms with van der Waals surface area (Å²) in [4.78, 5) is 57.6. The Morgan fingerprint density at radius 1 is 0.841 bits per heavy atom. The van der Waals surface area contributed by atoms with Crippen molar-refractivity contribution < 1.29 is 60.5 Å². The lowest BCUT2D eigenvalue weighted by atomic mass is 10.0. The summed E-state index contributed by atoms with van der Waals surface area (Å²) in [5.74, 6) is -3.13. The minimum absolute atomic E-state index is 0.0178. The highest BCUT2D eigenvalue weighted by Crippen LogP contribution is 2.34. The predicted molar refractivity (Wildman–Crippen MR) is 220 cm³/mol. The number of aliphatic carboxylic acids is 2. The highest BCUT2D eigenvalue weighted by molar-refractivity contribution is 6.32. The lowest BCUT2D eigenvalue weighted by Gasteiger charge is -2.33. The molecule has 3 fully saturated rings. The van der Waals surface area contributed by atoms with Crippen LogP contribution in [0.1, 0.15) is 68.9 Å². The minimum atomic E-state index is -5.08. The SMILES string of the molecule is O=C(NC1CCN(Cc2ccccc2)CC1)C1=Cc2c(ncnc2Nc2ccc(OC3CCN(C(=O)C4CCCC4)CC3)c(Cl)c2)NCC1.O=C(O)C(F)(F)F.O=C(O)C(F)(F)F. The quantitative estimate of drug-likeness (QED) is 0.132. The fourth-order valence-electron chi connectivity index (χ4n) is 7.48. The van der Waals surface area contributed by atoms with Gasteiger partial charge in [0.1, 0.15) is 29.8 Å². The van der Waals surface area contributed by atoms with Crippen molar-refractivity contribution in [3.63, 3.8) is 0 Å². The molecule has 2 saturated heterocycles. The van der Waals surface area contributed by atoms with Gasteiger partial charge in [-0.15, -0.1) is 0 Å². The van der Waals surface area contributed by atoms with Crippen molar-refractivity contribution >= 4 is 58.8 Å². The third-order valence-electron chi connectivity index (χ3n) is 10.8. The second-order valence-electron chi connectivity index (χ2n) is 15.3. The van der Waals surface area contributed by atoms with Crippen molar-refractivity contribution in [2.75, 3.05) is 43.4 Å². The van der Waals surface area contributed by atoms with Gasteiger partial charge >= 0.3 is 24.3 Å². The van der Waals surface area contributed by atoms with Crippen LogP contribution in [-0.2, 0) is 25.7 Å². The van der Waals surface area contributed by atoms with Gasteiger partial charge in [-0.05, 0) is 61.9 Å². The van der Waals surface area contributed by atoms with E-state index in [4.69, 9.17) is 36.1 Å². The molecule has 1 saturated carbocycles. The number of ether oxygens (including phenoxy) is 1. The van der Waals surface area contributed by atoms with Crippen LogP contribution in [0.3, 0.4) is 0 Å². The number of carbonyl (C=O) groups is 4. The number of nitrogens with one attached hydrogen (secondary N) is 3. The van der Waals surface area contributed by atoms with Crippen molar-refractivity contribution in [1.29, 1.82) is 0 Å². The second-order valence-corrected chi connectivity index (χ2v) is 15.7. The zero-order valence-corrected chi connectivity index (χ0v) is 34.7. The predicted octanol–water partition coefficient (Wildman–Crippen LogP) is 7.68. The van der Waals surface area contributed by atoms with Gasteiger partial charge in [0.2, 0.25) is 11.8 Å². The Morgan fingerprint density at radius 2 is 1.46 bits per heavy atom. The Labute approximate surface area is 364 Å². The molecular weight excluding hydrogens is 864 g/mol. The van der Waals surface area contributed by atoms with Crippen LogP contribution in [-0.4, -0.2) is 111 Å². The molecule has 3 aliphatic heterocycles. The molecule has 1 aromatic heterocycles. The normalized spacial score (nSPS) is 17.6. The van der Waals surface area contributed by atoms with Crippen molar-refractivity contribution in [1.82, 2.24) is 25.1 Å². The molecular formula is C42H48ClF6N7O7. The first-order valence-electron chi connectivity index (χ1n) is 20.4. The molecule has 0 spiro atoms. The maximum Gasteiger partial charge on any atom is 0.490 e. The summed E-state index contributed by atoms with van der Waals surface area (Å²) in [5, 5.41) is 24.8. The molecule has 21 heteroatoms. The average Bonchev–Trinajstić information content (AvgIpc) is 3.69. The van der Waals surface area contributed by atoms with E-state index in [9.17, 15) is 35.9 Å². The molecule has 2 amide bonds. The number of aromatic nitrogens is 2. The van der Waals surface area contributed by atoms with Crippen LogP contribution in [0.25, 0.3) is 6.08 Å². The standard InChI is InChI=1S/C38H46ClN7O3.2C2HF3O2/c39-33-23-30(10-11-34(33)49-31-15-20-46(21-16-31)38(48)27-8-4-5-9-27)43-36-32-22-28(12-17-40-35(32)41-25-42-36)37(47)44-29-13-18-45(19-14-29)24-26-6-2-1-3-7-26;2*3-2(4,5)1(6)7/h1-3,6-7,10-11,22-23,25,27,29,31H,4-5,8-9,12-21,24H2,(H,44,47)(H2,40,41,42,43);2*(H,6,7). The first-order valence-corrected chi connectivity index (χ1v) is 20.7. The molecule has 63 heavy (non-hydrogen) atoms. The van der Waals surface area contributed by atoms with Gasteiger partial charge in [-0.2, -0.15) is 26.3 Å². The summed E-state index contributed by atoms with van der Waals surface area (Å²) in [6.45, 7) is 4.91. The number of likely N-dealkylation sites (tertiary alicyclic amines) is 2. The Hall–Kier alpha value is -5.63. The van der Waals surface area contributed by atoms with Crippen LogP contribution in [0.4, 0.5) is 43.7 Å². The number of piperidine rings is 2. The summed E-state index contributed by atoms with van der Waals surface area (Å²) in [6.07, 6.45) is 1.69. The number of nitrogens with zero attached hydrogens (tertiary/aromatic N) is 4. The second kappa shape index (κ2) is 22.1. The summed E-state index contributed by atoms with van der Waals surface area (Å²) in [5.41, 5.74) is 3.51. The average molecular weight is 912 g/mol. The van der Waals surface area contributed by atoms with E-state index in [2.05, 4.69) is 55.1 Å². The first-order chi connectivity index (χ1) is 29.9. The fraction of sp³-hybridized carbons (Fsp3) is 0.476. The Balaban J connectivity index is 0.000000463. The molecule has 3 aromatic rings. The molecule has 7 rings (SSSR count). The third kappa shape index (κ3) is 14.7. The van der Waals surface area contributed by atoms with Crippen LogP contribution in [0.2, 0.25) is 5.02 Å². The summed E-state index contributed by atoms with van der Waals surface area (Å²) < 4.78 is 69.8. The molecule has 0 bridgehead atoms. The number of alkyl halides is 6. The van der Waals surface area contributed by atoms with E-state index in [-0.39, 0.29) is 24.0 Å². The van der Waals surface area contributed by atoms with E-state index in [1.54, 1.807) is 0 Å². The monoisotopic (exact) mass is 911 g/mol. The van der Waals surface area contributed by atoms with E-state index in [1.807, 2.05) is 35.2 Å². The van der Waals surface area contributed by atoms with E-state index >= 15 is 0 Å². The molecule has 0 unspecified atom stereocenters. The van der Waals surface area contributed by atoms with Crippen molar-refractivity contribution in [2.24, 2.45) is 5.92 Å². The number of anilines is 3. The van der Waals surface area contributed by atoms with Gasteiger partial charge in [0.15, 0.2) is 0 Å². The third-order valence-corrected chi connectivity index (χ3v) is 11.1. The molecule has 14 nitrogen and oxygen atoms in total. The van der Waals surface area contributed by atoms with Crippen molar-refractivity contribution in [3.05, 3.63) is 76.6 Å². The molecule has 4 aliphatic rings. The van der Waals surface area contributed by atoms with Gasteiger partial charge in [-0.25, -0.2) is 19.6 Å². The van der Waals surface area contributed by atoms with E-state index in [0.717, 1.165) is 82.5 Å². The zero-order chi connectivity index (χ0) is 45.7. The highest BCUT2D eigenvalue weighted by atomic mass is 35.5. The van der Waals surface area contributed by atoms with Gasteiger partial charge < -0.3 is 35.8 Å². The Kier molecular flexibility index (Phi) is 17.0. The number of rotatable bonds is 9. The van der Waals surface area contributed by atoms with Crippen molar-refractivity contribution in [3.8, 4) is 5.75 Å². The lowest BCUT2D eigenvalue weighted by Crippen LogP contribution is -2.44. The molecule has 1 aliphatic carbocycles. The van der Waals surface area contributed by atoms with Crippen LogP contribution >= 0.6 is 11.6 Å². The molecule has 2 aromatic carbocycles. The fourth-order valence-corrected chi connectivity index (χ4v) is 7.71. The van der Waals surface area contributed by atoms with Crippen LogP contribution < -0.4 is 20.7 Å². The number of amides is 2. The number of fused-ring (bicyclic) bond motifs is 1. The Bertz CT molecular complexity index is 2050. The number of hydrogen-bond acceptors (Lipinski definition) is 10. The summed E-state index contributed by atoms with van der Waals surface area (Å²) in [7, 11) is 0.